The average Bonchev–Trinajstić information content (AvgIpc) is 3.07. The van der Waals surface area contributed by atoms with E-state index >= 15 is 0 Å². The van der Waals surface area contributed by atoms with Crippen LogP contribution in [0.1, 0.15) is 50.5 Å². The topological polar surface area (TPSA) is 93.4 Å². The van der Waals surface area contributed by atoms with E-state index in [-0.39, 0.29) is 5.91 Å². The molecule has 0 saturated carbocycles. The van der Waals surface area contributed by atoms with Crippen molar-refractivity contribution in [3.8, 4) is 0 Å². The molecule has 2 aromatic rings. The summed E-state index contributed by atoms with van der Waals surface area (Å²) in [5, 5.41) is 7.86. The molecule has 0 radical (unpaired) electrons. The number of anilines is 1. The van der Waals surface area contributed by atoms with Gasteiger partial charge < -0.3 is 19.5 Å². The van der Waals surface area contributed by atoms with Gasteiger partial charge in [0, 0.05) is 45.7 Å². The molecule has 1 aliphatic heterocycles. The number of carbonyl (C=O) groups is 1. The van der Waals surface area contributed by atoms with E-state index in [0.717, 1.165) is 49.2 Å². The van der Waals surface area contributed by atoms with Gasteiger partial charge in [-0.1, -0.05) is 5.16 Å². The number of hydrogen-bond acceptors (Lipinski definition) is 7. The summed E-state index contributed by atoms with van der Waals surface area (Å²) in [6.45, 7) is 7.84. The molecule has 1 aliphatic rings. The van der Waals surface area contributed by atoms with E-state index in [1.807, 2.05) is 13.8 Å². The minimum absolute atomic E-state index is 0.00321. The molecule has 1 amide bonds. The molecule has 2 aromatic heterocycles. The highest BCUT2D eigenvalue weighted by Gasteiger charge is 2.21. The normalized spacial score (nSPS) is 14.7. The molecule has 0 aliphatic carbocycles. The molecule has 0 bridgehead atoms. The van der Waals surface area contributed by atoms with E-state index in [2.05, 4.69) is 20.4 Å². The Labute approximate surface area is 159 Å². The van der Waals surface area contributed by atoms with Gasteiger partial charge in [-0.3, -0.25) is 4.79 Å². The molecule has 8 heteroatoms. The van der Waals surface area contributed by atoms with E-state index in [0.29, 0.717) is 44.1 Å². The summed E-state index contributed by atoms with van der Waals surface area (Å²) in [6, 6.07) is 0. The zero-order valence-corrected chi connectivity index (χ0v) is 16.3. The second-order valence-corrected chi connectivity index (χ2v) is 6.86. The number of nitrogens with one attached hydrogen (secondary N) is 1. The molecule has 0 spiro atoms. The van der Waals surface area contributed by atoms with Crippen LogP contribution in [0.4, 0.5) is 5.82 Å². The number of hydrogen-bond donors (Lipinski definition) is 1. The van der Waals surface area contributed by atoms with E-state index < -0.39 is 0 Å². The molecule has 3 heterocycles. The van der Waals surface area contributed by atoms with Gasteiger partial charge in [-0.05, 0) is 39.5 Å². The Morgan fingerprint density at radius 1 is 1.26 bits per heavy atom. The molecule has 1 saturated heterocycles. The largest absolute Gasteiger partial charge is 0.382 e. The van der Waals surface area contributed by atoms with Crippen LogP contribution in [0.2, 0.25) is 0 Å². The number of aromatic nitrogens is 3. The smallest absolute Gasteiger partial charge is 0.263 e. The third kappa shape index (κ3) is 5.15. The van der Waals surface area contributed by atoms with Crippen molar-refractivity contribution >= 4 is 22.8 Å². The van der Waals surface area contributed by atoms with Gasteiger partial charge in [0.15, 0.2) is 0 Å². The third-order valence-corrected chi connectivity index (χ3v) is 4.76. The maximum atomic E-state index is 12.0. The molecule has 0 atom stereocenters. The van der Waals surface area contributed by atoms with Crippen molar-refractivity contribution in [2.24, 2.45) is 0 Å². The molecule has 0 unspecified atom stereocenters. The first kappa shape index (κ1) is 19.5. The van der Waals surface area contributed by atoms with Crippen molar-refractivity contribution in [3.05, 3.63) is 11.5 Å². The average molecular weight is 375 g/mol. The molecule has 1 N–H and O–H groups in total. The zero-order valence-electron chi connectivity index (χ0n) is 16.3. The lowest BCUT2D eigenvalue weighted by Gasteiger charge is -2.28. The number of fused-ring (bicyclic) bond motifs is 1. The van der Waals surface area contributed by atoms with Crippen LogP contribution >= 0.6 is 0 Å². The second kappa shape index (κ2) is 9.64. The highest BCUT2D eigenvalue weighted by Crippen LogP contribution is 2.29. The Kier molecular flexibility index (Phi) is 6.98. The number of piperidine rings is 1. The van der Waals surface area contributed by atoms with Crippen molar-refractivity contribution in [2.45, 2.75) is 52.4 Å². The van der Waals surface area contributed by atoms with E-state index in [4.69, 9.17) is 14.2 Å². The standard InChI is InChI=1S/C19H29N5O3/c1-3-26-13-7-10-20-16(25)9-8-15-21-18(24-11-5-4-6-12-24)17-14(2)23-27-19(17)22-15/h3-13H2,1-2H3,(H,20,25). The van der Waals surface area contributed by atoms with E-state index in [1.54, 1.807) is 0 Å². The second-order valence-electron chi connectivity index (χ2n) is 6.86. The van der Waals surface area contributed by atoms with E-state index in [1.165, 1.54) is 6.42 Å². The SMILES string of the molecule is CCOCCCNC(=O)CCc1nc(N2CCCCC2)c2c(C)noc2n1. The molecule has 27 heavy (non-hydrogen) atoms. The lowest BCUT2D eigenvalue weighted by molar-refractivity contribution is -0.121. The predicted molar refractivity (Wildman–Crippen MR) is 103 cm³/mol. The Morgan fingerprint density at radius 2 is 2.07 bits per heavy atom. The monoisotopic (exact) mass is 375 g/mol. The Hall–Kier alpha value is -2.22. The molecule has 148 valence electrons. The van der Waals surface area contributed by atoms with Gasteiger partial charge in [-0.15, -0.1) is 0 Å². The predicted octanol–water partition coefficient (Wildman–Crippen LogP) is 2.39. The van der Waals surface area contributed by atoms with Crippen molar-refractivity contribution < 1.29 is 14.1 Å². The zero-order chi connectivity index (χ0) is 19.1. The molecule has 3 rings (SSSR count). The first-order valence-corrected chi connectivity index (χ1v) is 9.91. The Bertz CT molecular complexity index is 755. The summed E-state index contributed by atoms with van der Waals surface area (Å²) in [5.41, 5.74) is 1.32. The number of rotatable bonds is 9. The van der Waals surface area contributed by atoms with Gasteiger partial charge in [0.05, 0.1) is 5.69 Å². The quantitative estimate of drug-likeness (QED) is 0.673. The fourth-order valence-electron chi connectivity index (χ4n) is 3.32. The lowest BCUT2D eigenvalue weighted by atomic mass is 10.1. The summed E-state index contributed by atoms with van der Waals surface area (Å²) in [6.07, 6.45) is 5.23. The van der Waals surface area contributed by atoms with Crippen LogP contribution in [0.25, 0.3) is 11.1 Å². The van der Waals surface area contributed by atoms with Crippen LogP contribution in [-0.4, -0.2) is 53.9 Å². The van der Waals surface area contributed by atoms with E-state index in [9.17, 15) is 4.79 Å². The minimum atomic E-state index is 0.00321. The number of ether oxygens (including phenoxy) is 1. The number of amides is 1. The van der Waals surface area contributed by atoms with Crippen LogP contribution in [0.15, 0.2) is 4.52 Å². The minimum Gasteiger partial charge on any atom is -0.382 e. The van der Waals surface area contributed by atoms with Crippen LogP contribution in [0, 0.1) is 6.92 Å². The Balaban J connectivity index is 1.63. The first-order chi connectivity index (χ1) is 13.2. The number of carbonyl (C=O) groups excluding carboxylic acids is 1. The van der Waals surface area contributed by atoms with Crippen LogP contribution < -0.4 is 10.2 Å². The first-order valence-electron chi connectivity index (χ1n) is 9.91. The van der Waals surface area contributed by atoms with Crippen LogP contribution in [0.3, 0.4) is 0 Å². The molecule has 8 nitrogen and oxygen atoms in total. The van der Waals surface area contributed by atoms with Crippen LogP contribution in [-0.2, 0) is 16.0 Å². The summed E-state index contributed by atoms with van der Waals surface area (Å²) >= 11 is 0. The van der Waals surface area contributed by atoms with Gasteiger partial charge in [-0.25, -0.2) is 4.98 Å². The van der Waals surface area contributed by atoms with Crippen molar-refractivity contribution in [1.82, 2.24) is 20.4 Å². The van der Waals surface area contributed by atoms with Gasteiger partial charge in [-0.2, -0.15) is 4.98 Å². The highest BCUT2D eigenvalue weighted by molar-refractivity contribution is 5.88. The van der Waals surface area contributed by atoms with Crippen molar-refractivity contribution in [1.29, 1.82) is 0 Å². The van der Waals surface area contributed by atoms with Gasteiger partial charge >= 0.3 is 0 Å². The fourth-order valence-corrected chi connectivity index (χ4v) is 3.32. The summed E-state index contributed by atoms with van der Waals surface area (Å²) in [7, 11) is 0. The van der Waals surface area contributed by atoms with Gasteiger partial charge in [0.2, 0.25) is 5.91 Å². The third-order valence-electron chi connectivity index (χ3n) is 4.76. The van der Waals surface area contributed by atoms with Crippen molar-refractivity contribution in [2.75, 3.05) is 37.7 Å². The maximum absolute atomic E-state index is 12.0. The Morgan fingerprint density at radius 3 is 2.85 bits per heavy atom. The molecular weight excluding hydrogens is 346 g/mol. The molecule has 0 aromatic carbocycles. The summed E-state index contributed by atoms with van der Waals surface area (Å²) < 4.78 is 10.7. The van der Waals surface area contributed by atoms with Crippen molar-refractivity contribution in [3.63, 3.8) is 0 Å². The van der Waals surface area contributed by atoms with Gasteiger partial charge in [0.25, 0.3) is 5.71 Å². The summed E-state index contributed by atoms with van der Waals surface area (Å²) in [4.78, 5) is 23.6. The highest BCUT2D eigenvalue weighted by atomic mass is 16.5. The van der Waals surface area contributed by atoms with Crippen LogP contribution in [0.5, 0.6) is 0 Å². The maximum Gasteiger partial charge on any atom is 0.263 e. The molecular formula is C19H29N5O3. The number of aryl methyl sites for hydroxylation is 2. The fraction of sp³-hybridized carbons (Fsp3) is 0.684. The van der Waals surface area contributed by atoms with Gasteiger partial charge in [0.1, 0.15) is 17.0 Å². The lowest BCUT2D eigenvalue weighted by Crippen LogP contribution is -2.31. The summed E-state index contributed by atoms with van der Waals surface area (Å²) in [5.74, 6) is 1.53. The number of nitrogens with zero attached hydrogens (tertiary/aromatic N) is 4. The molecule has 1 fully saturated rings.